The predicted molar refractivity (Wildman–Crippen MR) is 86.8 cm³/mol. The van der Waals surface area contributed by atoms with Crippen molar-refractivity contribution in [2.75, 3.05) is 12.3 Å². The summed E-state index contributed by atoms with van der Waals surface area (Å²) >= 11 is 5.89. The van der Waals surface area contributed by atoms with E-state index in [1.165, 1.54) is 24.4 Å². The molecule has 3 N–H and O–H groups in total. The fraction of sp³-hybridized carbons (Fsp3) is 0.0625. The van der Waals surface area contributed by atoms with Gasteiger partial charge in [0, 0.05) is 11.6 Å². The average Bonchev–Trinajstić information content (AvgIpc) is 3.00. The van der Waals surface area contributed by atoms with Crippen LogP contribution in [0.25, 0.3) is 22.2 Å². The summed E-state index contributed by atoms with van der Waals surface area (Å²) in [5, 5.41) is 8.54. The summed E-state index contributed by atoms with van der Waals surface area (Å²) in [6.45, 7) is -0.465. The Labute approximate surface area is 144 Å². The van der Waals surface area contributed by atoms with Gasteiger partial charge in [0.15, 0.2) is 18.2 Å². The number of rotatable bonds is 3. The van der Waals surface area contributed by atoms with Gasteiger partial charge >= 0.3 is 5.97 Å². The number of halogens is 3. The number of fused-ring (bicyclic) bond motifs is 1. The highest BCUT2D eigenvalue weighted by Gasteiger charge is 2.24. The fourth-order valence-electron chi connectivity index (χ4n) is 2.39. The van der Waals surface area contributed by atoms with Crippen LogP contribution in [0.2, 0.25) is 5.02 Å². The van der Waals surface area contributed by atoms with E-state index >= 15 is 0 Å². The molecule has 6 nitrogen and oxygen atoms in total. The summed E-state index contributed by atoms with van der Waals surface area (Å²) in [6.07, 6.45) is 1.29. The van der Waals surface area contributed by atoms with Gasteiger partial charge in [-0.15, -0.1) is 0 Å². The number of aromatic amines is 1. The van der Waals surface area contributed by atoms with Crippen molar-refractivity contribution in [3.05, 3.63) is 46.7 Å². The second-order valence-electron chi connectivity index (χ2n) is 4.95. The van der Waals surface area contributed by atoms with Crippen molar-refractivity contribution in [3.8, 4) is 17.3 Å². The second kappa shape index (κ2) is 6.37. The molecule has 0 saturated carbocycles. The van der Waals surface area contributed by atoms with E-state index in [1.807, 2.05) is 0 Å². The lowest BCUT2D eigenvalue weighted by Crippen LogP contribution is -2.09. The van der Waals surface area contributed by atoms with E-state index in [0.717, 1.165) is 0 Å². The van der Waals surface area contributed by atoms with Gasteiger partial charge in [-0.2, -0.15) is 5.26 Å². The van der Waals surface area contributed by atoms with Crippen molar-refractivity contribution in [2.45, 2.75) is 0 Å². The molecule has 2 aromatic heterocycles. The number of aromatic nitrogens is 2. The number of hydrogen-bond donors (Lipinski definition) is 2. The number of benzene rings is 1. The van der Waals surface area contributed by atoms with E-state index in [4.69, 9.17) is 22.6 Å². The number of H-pyrrole nitrogens is 1. The van der Waals surface area contributed by atoms with E-state index in [1.54, 1.807) is 6.07 Å². The normalized spacial score (nSPS) is 10.6. The highest BCUT2D eigenvalue weighted by Crippen LogP contribution is 2.38. The number of nitrogens with one attached hydrogen (secondary N) is 1. The van der Waals surface area contributed by atoms with Crippen LogP contribution in [0.3, 0.4) is 0 Å². The largest absolute Gasteiger partial charge is 0.446 e. The first-order valence-corrected chi connectivity index (χ1v) is 7.28. The molecule has 0 unspecified atom stereocenters. The third-order valence-corrected chi connectivity index (χ3v) is 3.78. The van der Waals surface area contributed by atoms with Crippen LogP contribution >= 0.6 is 11.6 Å². The number of pyridine rings is 1. The van der Waals surface area contributed by atoms with Gasteiger partial charge in [-0.3, -0.25) is 0 Å². The van der Waals surface area contributed by atoms with Crippen LogP contribution in [0, 0.1) is 23.0 Å². The molecule has 0 amide bonds. The highest BCUT2D eigenvalue weighted by molar-refractivity contribution is 6.36. The van der Waals surface area contributed by atoms with Gasteiger partial charge in [0.05, 0.1) is 27.5 Å². The Morgan fingerprint density at radius 3 is 2.88 bits per heavy atom. The summed E-state index contributed by atoms with van der Waals surface area (Å²) in [7, 11) is 0. The molecule has 3 aromatic rings. The minimum absolute atomic E-state index is 0.0324. The third kappa shape index (κ3) is 2.75. The molecule has 1 aromatic carbocycles. The summed E-state index contributed by atoms with van der Waals surface area (Å²) in [5.74, 6) is -2.87. The van der Waals surface area contributed by atoms with Crippen molar-refractivity contribution in [2.24, 2.45) is 0 Å². The summed E-state index contributed by atoms with van der Waals surface area (Å²) in [6, 6.07) is 5.64. The molecule has 0 bridgehead atoms. The van der Waals surface area contributed by atoms with Crippen molar-refractivity contribution < 1.29 is 18.3 Å². The number of nitrogens with two attached hydrogens (primary N) is 1. The number of carbonyl (C=O) groups is 1. The van der Waals surface area contributed by atoms with Gasteiger partial charge in [0.25, 0.3) is 0 Å². The van der Waals surface area contributed by atoms with Crippen molar-refractivity contribution in [1.82, 2.24) is 9.97 Å². The van der Waals surface area contributed by atoms with E-state index in [0.29, 0.717) is 0 Å². The molecule has 0 radical (unpaired) electrons. The monoisotopic (exact) mass is 362 g/mol. The topological polar surface area (TPSA) is 105 Å². The Balaban J connectivity index is 2.18. The molecular formula is C16H9ClF2N4O2. The molecule has 0 atom stereocenters. The number of nitriles is 1. The maximum atomic E-state index is 14.8. The standard InChI is InChI=1S/C16H9ClF2N4O2/c17-7-6-22-15-10(7)14(21)12(18)11(13(15)19)8-2-1-3-9(23-8)16(24)25-5-4-20/h1-3,6,22H,5,21H2. The van der Waals surface area contributed by atoms with Gasteiger partial charge in [-0.05, 0) is 12.1 Å². The van der Waals surface area contributed by atoms with Crippen LogP contribution < -0.4 is 5.73 Å². The molecule has 0 fully saturated rings. The number of nitrogens with zero attached hydrogens (tertiary/aromatic N) is 2. The summed E-state index contributed by atoms with van der Waals surface area (Å²) in [5.41, 5.74) is 4.47. The van der Waals surface area contributed by atoms with Crippen molar-refractivity contribution in [3.63, 3.8) is 0 Å². The number of anilines is 1. The lowest BCUT2D eigenvalue weighted by atomic mass is 10.0. The van der Waals surface area contributed by atoms with Gasteiger partial charge in [-0.1, -0.05) is 17.7 Å². The van der Waals surface area contributed by atoms with Crippen LogP contribution in [0.5, 0.6) is 0 Å². The van der Waals surface area contributed by atoms with E-state index in [9.17, 15) is 13.6 Å². The van der Waals surface area contributed by atoms with Crippen molar-refractivity contribution in [1.29, 1.82) is 5.26 Å². The molecule has 0 aliphatic rings. The highest BCUT2D eigenvalue weighted by atomic mass is 35.5. The summed E-state index contributed by atoms with van der Waals surface area (Å²) < 4.78 is 34.0. The Hall–Kier alpha value is -3.18. The lowest BCUT2D eigenvalue weighted by molar-refractivity contribution is 0.0548. The number of carbonyl (C=O) groups excluding carboxylic acids is 1. The van der Waals surface area contributed by atoms with Crippen LogP contribution in [0.15, 0.2) is 24.4 Å². The molecule has 0 aliphatic carbocycles. The van der Waals surface area contributed by atoms with Crippen LogP contribution in [-0.4, -0.2) is 22.5 Å². The number of ether oxygens (including phenoxy) is 1. The first-order valence-electron chi connectivity index (χ1n) is 6.90. The molecule has 0 spiro atoms. The molecule has 3 rings (SSSR count). The Morgan fingerprint density at radius 2 is 2.16 bits per heavy atom. The van der Waals surface area contributed by atoms with Crippen molar-refractivity contribution >= 4 is 34.2 Å². The zero-order valence-corrected chi connectivity index (χ0v) is 13.2. The molecule has 126 valence electrons. The summed E-state index contributed by atoms with van der Waals surface area (Å²) in [4.78, 5) is 18.3. The molecule has 0 aliphatic heterocycles. The quantitative estimate of drug-likeness (QED) is 0.548. The van der Waals surface area contributed by atoms with E-state index in [-0.39, 0.29) is 33.0 Å². The van der Waals surface area contributed by atoms with Crippen LogP contribution in [0.4, 0.5) is 14.5 Å². The fourth-order valence-corrected chi connectivity index (χ4v) is 2.64. The first-order chi connectivity index (χ1) is 12.0. The molecule has 9 heteroatoms. The van der Waals surface area contributed by atoms with Gasteiger partial charge < -0.3 is 15.5 Å². The Kier molecular flexibility index (Phi) is 4.25. The van der Waals surface area contributed by atoms with Gasteiger partial charge in [-0.25, -0.2) is 18.6 Å². The smallest absolute Gasteiger partial charge is 0.357 e. The average molecular weight is 363 g/mol. The number of nitrogen functional groups attached to an aromatic ring is 1. The van der Waals surface area contributed by atoms with Gasteiger partial charge in [0.1, 0.15) is 11.8 Å². The zero-order valence-electron chi connectivity index (χ0n) is 12.4. The van der Waals surface area contributed by atoms with Crippen LogP contribution in [-0.2, 0) is 4.74 Å². The molecule has 2 heterocycles. The zero-order chi connectivity index (χ0) is 18.1. The molecule has 0 saturated heterocycles. The Morgan fingerprint density at radius 1 is 1.40 bits per heavy atom. The SMILES string of the molecule is N#CCOC(=O)c1cccc(-c2c(F)c(N)c3c(Cl)c[nH]c3c2F)n1. The number of esters is 1. The van der Waals surface area contributed by atoms with Gasteiger partial charge in [0.2, 0.25) is 0 Å². The minimum Gasteiger partial charge on any atom is -0.446 e. The Bertz CT molecular complexity index is 1040. The third-order valence-electron chi connectivity index (χ3n) is 3.48. The first kappa shape index (κ1) is 16.7. The lowest BCUT2D eigenvalue weighted by Gasteiger charge is -2.10. The second-order valence-corrected chi connectivity index (χ2v) is 5.35. The maximum Gasteiger partial charge on any atom is 0.357 e. The maximum absolute atomic E-state index is 14.8. The number of hydrogen-bond acceptors (Lipinski definition) is 5. The van der Waals surface area contributed by atoms with E-state index in [2.05, 4.69) is 14.7 Å². The minimum atomic E-state index is -1.04. The predicted octanol–water partition coefficient (Wildman–Crippen LogP) is 3.42. The molecule has 25 heavy (non-hydrogen) atoms. The van der Waals surface area contributed by atoms with Crippen LogP contribution in [0.1, 0.15) is 10.5 Å². The van der Waals surface area contributed by atoms with E-state index < -0.39 is 29.8 Å². The molecular weight excluding hydrogens is 354 g/mol.